The fourth-order valence-corrected chi connectivity index (χ4v) is 1.86. The zero-order chi connectivity index (χ0) is 15.2. The number of aliphatic carboxylic acids is 1. The number of carboxylic acid groups (broad SMARTS) is 1. The van der Waals surface area contributed by atoms with E-state index >= 15 is 0 Å². The summed E-state index contributed by atoms with van der Waals surface area (Å²) in [4.78, 5) is 38.0. The van der Waals surface area contributed by atoms with Gasteiger partial charge in [-0.15, -0.1) is 0 Å². The highest BCUT2D eigenvalue weighted by molar-refractivity contribution is 5.78. The van der Waals surface area contributed by atoms with Crippen molar-refractivity contribution in [1.29, 1.82) is 0 Å². The Morgan fingerprint density at radius 2 is 2.05 bits per heavy atom. The zero-order valence-electron chi connectivity index (χ0n) is 11.6. The van der Waals surface area contributed by atoms with Gasteiger partial charge in [-0.05, 0) is 18.9 Å². The summed E-state index contributed by atoms with van der Waals surface area (Å²) in [6, 6.07) is 1.55. The van der Waals surface area contributed by atoms with Gasteiger partial charge in [-0.3, -0.25) is 14.2 Å². The highest BCUT2D eigenvalue weighted by Crippen LogP contribution is 2.25. The first-order valence-electron chi connectivity index (χ1n) is 6.46. The van der Waals surface area contributed by atoms with E-state index in [1.165, 1.54) is 12.4 Å². The van der Waals surface area contributed by atoms with E-state index in [9.17, 15) is 19.5 Å². The van der Waals surface area contributed by atoms with Gasteiger partial charge >= 0.3 is 11.7 Å². The molecule has 0 aliphatic carbocycles. The summed E-state index contributed by atoms with van der Waals surface area (Å²) in [6.45, 7) is 3.42. The lowest BCUT2D eigenvalue weighted by Crippen LogP contribution is -2.44. The van der Waals surface area contributed by atoms with Crippen molar-refractivity contribution in [2.45, 2.75) is 33.2 Å². The standard InChI is InChI=1S/C13H19N3O4/c1-3-13(4-2,11(18)19)9-15-10(17)8-16-7-5-6-14-12(16)20/h5-7H,3-4,8-9H2,1-2H3,(H,15,17)(H,18,19). The van der Waals surface area contributed by atoms with E-state index in [1.54, 1.807) is 19.9 Å². The van der Waals surface area contributed by atoms with Crippen molar-refractivity contribution in [3.63, 3.8) is 0 Å². The molecular formula is C13H19N3O4. The summed E-state index contributed by atoms with van der Waals surface area (Å²) < 4.78 is 1.16. The van der Waals surface area contributed by atoms with Crippen LogP contribution in [0.25, 0.3) is 0 Å². The molecule has 1 rings (SSSR count). The minimum atomic E-state index is -0.963. The molecule has 0 aliphatic rings. The Hall–Kier alpha value is -2.18. The molecule has 0 spiro atoms. The zero-order valence-corrected chi connectivity index (χ0v) is 11.6. The van der Waals surface area contributed by atoms with Gasteiger partial charge in [0.15, 0.2) is 0 Å². The van der Waals surface area contributed by atoms with Crippen LogP contribution in [0.15, 0.2) is 23.3 Å². The number of nitrogens with zero attached hydrogens (tertiary/aromatic N) is 2. The van der Waals surface area contributed by atoms with Crippen molar-refractivity contribution in [3.8, 4) is 0 Å². The largest absolute Gasteiger partial charge is 0.481 e. The second-order valence-electron chi connectivity index (χ2n) is 4.60. The van der Waals surface area contributed by atoms with Crippen molar-refractivity contribution in [2.24, 2.45) is 5.41 Å². The molecule has 0 aromatic carbocycles. The molecule has 7 heteroatoms. The molecule has 0 radical (unpaired) electrons. The molecule has 1 amide bonds. The number of hydrogen-bond donors (Lipinski definition) is 2. The van der Waals surface area contributed by atoms with Crippen LogP contribution in [-0.4, -0.2) is 33.1 Å². The maximum atomic E-state index is 11.8. The Balaban J connectivity index is 2.66. The Labute approximate surface area is 116 Å². The van der Waals surface area contributed by atoms with Crippen LogP contribution in [0.5, 0.6) is 0 Å². The molecule has 2 N–H and O–H groups in total. The van der Waals surface area contributed by atoms with Gasteiger partial charge in [0.1, 0.15) is 6.54 Å². The normalized spacial score (nSPS) is 11.1. The quantitative estimate of drug-likeness (QED) is 0.746. The van der Waals surface area contributed by atoms with Crippen molar-refractivity contribution in [2.75, 3.05) is 6.54 Å². The number of rotatable bonds is 7. The Morgan fingerprint density at radius 3 is 2.55 bits per heavy atom. The number of carbonyl (C=O) groups excluding carboxylic acids is 1. The number of hydrogen-bond acceptors (Lipinski definition) is 4. The van der Waals surface area contributed by atoms with Crippen LogP contribution >= 0.6 is 0 Å². The predicted molar refractivity (Wildman–Crippen MR) is 72.2 cm³/mol. The van der Waals surface area contributed by atoms with Gasteiger partial charge in [-0.1, -0.05) is 13.8 Å². The summed E-state index contributed by atoms with van der Waals surface area (Å²) in [5.74, 6) is -1.34. The smallest absolute Gasteiger partial charge is 0.347 e. The molecule has 1 aromatic rings. The van der Waals surface area contributed by atoms with E-state index in [2.05, 4.69) is 10.3 Å². The number of nitrogens with one attached hydrogen (secondary N) is 1. The monoisotopic (exact) mass is 281 g/mol. The number of carbonyl (C=O) groups is 2. The van der Waals surface area contributed by atoms with Crippen LogP contribution in [0.1, 0.15) is 26.7 Å². The molecule has 0 unspecified atom stereocenters. The summed E-state index contributed by atoms with van der Waals surface area (Å²) >= 11 is 0. The highest BCUT2D eigenvalue weighted by Gasteiger charge is 2.35. The van der Waals surface area contributed by atoms with Crippen LogP contribution in [0.2, 0.25) is 0 Å². The lowest BCUT2D eigenvalue weighted by molar-refractivity contribution is -0.149. The van der Waals surface area contributed by atoms with E-state index < -0.39 is 23.0 Å². The first-order valence-corrected chi connectivity index (χ1v) is 6.46. The van der Waals surface area contributed by atoms with Crippen molar-refractivity contribution in [3.05, 3.63) is 28.9 Å². The van der Waals surface area contributed by atoms with Gasteiger partial charge < -0.3 is 10.4 Å². The summed E-state index contributed by atoms with van der Waals surface area (Å²) in [5.41, 5.74) is -1.48. The SMILES string of the molecule is CCC(CC)(CNC(=O)Cn1cccnc1=O)C(=O)O. The fourth-order valence-electron chi connectivity index (χ4n) is 1.86. The molecule has 0 aliphatic heterocycles. The first-order chi connectivity index (χ1) is 9.45. The maximum absolute atomic E-state index is 11.8. The molecule has 0 saturated carbocycles. The second-order valence-corrected chi connectivity index (χ2v) is 4.60. The van der Waals surface area contributed by atoms with Crippen LogP contribution in [0.3, 0.4) is 0 Å². The molecular weight excluding hydrogens is 262 g/mol. The van der Waals surface area contributed by atoms with Gasteiger partial charge in [-0.25, -0.2) is 9.78 Å². The summed E-state index contributed by atoms with van der Waals surface area (Å²) in [7, 11) is 0. The Morgan fingerprint density at radius 1 is 1.40 bits per heavy atom. The molecule has 0 fully saturated rings. The third kappa shape index (κ3) is 3.66. The number of aromatic nitrogens is 2. The maximum Gasteiger partial charge on any atom is 0.347 e. The van der Waals surface area contributed by atoms with E-state index in [0.717, 1.165) is 4.57 Å². The molecule has 0 saturated heterocycles. The van der Waals surface area contributed by atoms with Crippen molar-refractivity contribution >= 4 is 11.9 Å². The van der Waals surface area contributed by atoms with E-state index in [0.29, 0.717) is 12.8 Å². The molecule has 7 nitrogen and oxygen atoms in total. The topological polar surface area (TPSA) is 101 Å². The molecule has 1 aromatic heterocycles. The highest BCUT2D eigenvalue weighted by atomic mass is 16.4. The van der Waals surface area contributed by atoms with Gasteiger partial charge in [0.25, 0.3) is 0 Å². The lowest BCUT2D eigenvalue weighted by Gasteiger charge is -2.26. The third-order valence-electron chi connectivity index (χ3n) is 3.53. The molecule has 0 atom stereocenters. The lowest BCUT2D eigenvalue weighted by atomic mass is 9.82. The van der Waals surface area contributed by atoms with Gasteiger partial charge in [0.2, 0.25) is 5.91 Å². The minimum Gasteiger partial charge on any atom is -0.481 e. The van der Waals surface area contributed by atoms with Crippen LogP contribution in [0.4, 0.5) is 0 Å². The molecule has 0 bridgehead atoms. The minimum absolute atomic E-state index is 0.0448. The summed E-state index contributed by atoms with van der Waals surface area (Å²) in [5, 5.41) is 11.8. The van der Waals surface area contributed by atoms with Crippen LogP contribution in [-0.2, 0) is 16.1 Å². The Bertz CT molecular complexity index is 534. The van der Waals surface area contributed by atoms with E-state index in [-0.39, 0.29) is 13.1 Å². The van der Waals surface area contributed by atoms with E-state index in [4.69, 9.17) is 0 Å². The third-order valence-corrected chi connectivity index (χ3v) is 3.53. The average Bonchev–Trinajstić information content (AvgIpc) is 2.43. The van der Waals surface area contributed by atoms with Crippen LogP contribution in [0, 0.1) is 5.41 Å². The first kappa shape index (κ1) is 15.9. The van der Waals surface area contributed by atoms with Gasteiger partial charge in [-0.2, -0.15) is 0 Å². The van der Waals surface area contributed by atoms with Gasteiger partial charge in [0.05, 0.1) is 5.41 Å². The van der Waals surface area contributed by atoms with Gasteiger partial charge in [0, 0.05) is 18.9 Å². The second kappa shape index (κ2) is 6.83. The van der Waals surface area contributed by atoms with Crippen LogP contribution < -0.4 is 11.0 Å². The Kier molecular flexibility index (Phi) is 5.42. The predicted octanol–water partition coefficient (Wildman–Crippen LogP) is 0.251. The fraction of sp³-hybridized carbons (Fsp3) is 0.538. The molecule has 110 valence electrons. The van der Waals surface area contributed by atoms with E-state index in [1.807, 2.05) is 0 Å². The number of amides is 1. The molecule has 1 heterocycles. The van der Waals surface area contributed by atoms with Crippen molar-refractivity contribution in [1.82, 2.24) is 14.9 Å². The summed E-state index contributed by atoms with van der Waals surface area (Å²) in [6.07, 6.45) is 3.65. The van der Waals surface area contributed by atoms with Crippen molar-refractivity contribution < 1.29 is 14.7 Å². The number of carboxylic acids is 1. The molecule has 20 heavy (non-hydrogen) atoms. The average molecular weight is 281 g/mol.